The maximum Gasteiger partial charge on any atom is 0.104 e. The van der Waals surface area contributed by atoms with E-state index in [1.807, 2.05) is 50.2 Å². The lowest BCUT2D eigenvalue weighted by Gasteiger charge is -2.12. The maximum atomic E-state index is 10.2. The Morgan fingerprint density at radius 1 is 1.06 bits per heavy atom. The number of aromatic nitrogens is 1. The number of hydrogen-bond donors (Lipinski definition) is 1. The highest BCUT2D eigenvalue weighted by atomic mass is 16.3. The molecule has 1 heterocycles. The van der Waals surface area contributed by atoms with Gasteiger partial charge in [-0.1, -0.05) is 29.8 Å². The van der Waals surface area contributed by atoms with Crippen molar-refractivity contribution in [2.75, 3.05) is 0 Å². The molecular weight excluding hydrogens is 198 g/mol. The largest absolute Gasteiger partial charge is 0.384 e. The Labute approximate surface area is 95.6 Å². The van der Waals surface area contributed by atoms with Crippen molar-refractivity contribution < 1.29 is 5.11 Å². The van der Waals surface area contributed by atoms with Crippen molar-refractivity contribution in [1.29, 1.82) is 0 Å². The van der Waals surface area contributed by atoms with Crippen molar-refractivity contribution in [3.8, 4) is 0 Å². The van der Waals surface area contributed by atoms with Gasteiger partial charge in [-0.25, -0.2) is 0 Å². The molecule has 2 rings (SSSR count). The monoisotopic (exact) mass is 213 g/mol. The summed E-state index contributed by atoms with van der Waals surface area (Å²) >= 11 is 0. The molecule has 0 aliphatic heterocycles. The minimum Gasteiger partial charge on any atom is -0.384 e. The summed E-state index contributed by atoms with van der Waals surface area (Å²) in [6.45, 7) is 3.94. The highest BCUT2D eigenvalue weighted by Gasteiger charge is 2.10. The van der Waals surface area contributed by atoms with Crippen LogP contribution >= 0.6 is 0 Å². The molecule has 1 aromatic heterocycles. The molecule has 82 valence electrons. The van der Waals surface area contributed by atoms with Crippen molar-refractivity contribution in [2.45, 2.75) is 20.0 Å². The molecule has 0 spiro atoms. The molecule has 0 aliphatic rings. The number of benzene rings is 1. The van der Waals surface area contributed by atoms with E-state index in [2.05, 4.69) is 4.98 Å². The topological polar surface area (TPSA) is 33.1 Å². The van der Waals surface area contributed by atoms with Gasteiger partial charge in [-0.05, 0) is 37.1 Å². The third-order valence-electron chi connectivity index (χ3n) is 2.59. The fraction of sp³-hybridized carbons (Fsp3) is 0.214. The average molecular weight is 213 g/mol. The fourth-order valence-electron chi connectivity index (χ4n) is 1.77. The van der Waals surface area contributed by atoms with Crippen LogP contribution in [0.4, 0.5) is 0 Å². The minimum absolute atomic E-state index is 0.568. The Hall–Kier alpha value is -1.67. The van der Waals surface area contributed by atoms with Crippen LogP contribution in [0.3, 0.4) is 0 Å². The summed E-state index contributed by atoms with van der Waals surface area (Å²) in [5.74, 6) is 0. The molecule has 0 amide bonds. The Bertz CT molecular complexity index is 448. The van der Waals surface area contributed by atoms with E-state index in [9.17, 15) is 5.11 Å². The SMILES string of the molecule is Cc1cccc(C(O)c2ccnc(C)c2)c1. The number of aliphatic hydroxyl groups is 1. The van der Waals surface area contributed by atoms with Crippen molar-refractivity contribution in [2.24, 2.45) is 0 Å². The second kappa shape index (κ2) is 4.45. The first-order chi connectivity index (χ1) is 7.66. The van der Waals surface area contributed by atoms with Crippen LogP contribution in [0.1, 0.15) is 28.5 Å². The first-order valence-electron chi connectivity index (χ1n) is 5.34. The molecule has 1 unspecified atom stereocenters. The quantitative estimate of drug-likeness (QED) is 0.832. The van der Waals surface area contributed by atoms with Gasteiger partial charge in [0, 0.05) is 11.9 Å². The molecule has 2 heteroatoms. The first-order valence-corrected chi connectivity index (χ1v) is 5.34. The molecular formula is C14H15NO. The van der Waals surface area contributed by atoms with Gasteiger partial charge in [0.2, 0.25) is 0 Å². The molecule has 0 radical (unpaired) electrons. The van der Waals surface area contributed by atoms with Crippen LogP contribution in [0.5, 0.6) is 0 Å². The van der Waals surface area contributed by atoms with E-state index in [-0.39, 0.29) is 0 Å². The number of aliphatic hydroxyl groups excluding tert-OH is 1. The Balaban J connectivity index is 2.35. The van der Waals surface area contributed by atoms with E-state index in [0.717, 1.165) is 22.4 Å². The van der Waals surface area contributed by atoms with Gasteiger partial charge in [-0.15, -0.1) is 0 Å². The van der Waals surface area contributed by atoms with E-state index in [0.29, 0.717) is 0 Å². The number of pyridine rings is 1. The van der Waals surface area contributed by atoms with Gasteiger partial charge in [-0.2, -0.15) is 0 Å². The standard InChI is InChI=1S/C14H15NO/c1-10-4-3-5-12(8-10)14(16)13-6-7-15-11(2)9-13/h3-9,14,16H,1-2H3. The van der Waals surface area contributed by atoms with Crippen LogP contribution in [-0.4, -0.2) is 10.1 Å². The van der Waals surface area contributed by atoms with Crippen LogP contribution in [0.25, 0.3) is 0 Å². The zero-order valence-electron chi connectivity index (χ0n) is 9.51. The predicted molar refractivity (Wildman–Crippen MR) is 64.2 cm³/mol. The smallest absolute Gasteiger partial charge is 0.104 e. The van der Waals surface area contributed by atoms with Gasteiger partial charge < -0.3 is 5.11 Å². The Kier molecular flexibility index (Phi) is 3.02. The summed E-state index contributed by atoms with van der Waals surface area (Å²) in [7, 11) is 0. The van der Waals surface area contributed by atoms with Crippen LogP contribution in [0.15, 0.2) is 42.6 Å². The molecule has 0 bridgehead atoms. The maximum absolute atomic E-state index is 10.2. The Morgan fingerprint density at radius 2 is 1.81 bits per heavy atom. The van der Waals surface area contributed by atoms with Gasteiger partial charge >= 0.3 is 0 Å². The number of hydrogen-bond acceptors (Lipinski definition) is 2. The van der Waals surface area contributed by atoms with Crippen molar-refractivity contribution in [3.63, 3.8) is 0 Å². The summed E-state index contributed by atoms with van der Waals surface area (Å²) < 4.78 is 0. The molecule has 2 nitrogen and oxygen atoms in total. The second-order valence-corrected chi connectivity index (χ2v) is 4.05. The molecule has 0 saturated heterocycles. The van der Waals surface area contributed by atoms with E-state index in [1.165, 1.54) is 0 Å². The molecule has 0 fully saturated rings. The van der Waals surface area contributed by atoms with E-state index >= 15 is 0 Å². The first kappa shape index (κ1) is 10.8. The molecule has 1 aromatic carbocycles. The lowest BCUT2D eigenvalue weighted by Crippen LogP contribution is -2.00. The van der Waals surface area contributed by atoms with Gasteiger partial charge in [-0.3, -0.25) is 4.98 Å². The summed E-state index contributed by atoms with van der Waals surface area (Å²) in [6, 6.07) is 11.7. The highest BCUT2D eigenvalue weighted by Crippen LogP contribution is 2.22. The summed E-state index contributed by atoms with van der Waals surface area (Å²) in [5, 5.41) is 10.2. The summed E-state index contributed by atoms with van der Waals surface area (Å²) in [4.78, 5) is 4.12. The van der Waals surface area contributed by atoms with Gasteiger partial charge in [0.1, 0.15) is 6.10 Å². The molecule has 1 atom stereocenters. The summed E-state index contributed by atoms with van der Waals surface area (Å²) in [6.07, 6.45) is 1.16. The third-order valence-corrected chi connectivity index (χ3v) is 2.59. The van der Waals surface area contributed by atoms with E-state index in [1.54, 1.807) is 6.20 Å². The summed E-state index contributed by atoms with van der Waals surface area (Å²) in [5.41, 5.74) is 3.88. The molecule has 0 saturated carbocycles. The zero-order valence-corrected chi connectivity index (χ0v) is 9.51. The van der Waals surface area contributed by atoms with Gasteiger partial charge in [0.05, 0.1) is 0 Å². The highest BCUT2D eigenvalue weighted by molar-refractivity contribution is 5.32. The minimum atomic E-state index is -0.568. The third kappa shape index (κ3) is 2.28. The van der Waals surface area contributed by atoms with E-state index < -0.39 is 6.10 Å². The fourth-order valence-corrected chi connectivity index (χ4v) is 1.77. The van der Waals surface area contributed by atoms with Gasteiger partial charge in [0.25, 0.3) is 0 Å². The zero-order chi connectivity index (χ0) is 11.5. The van der Waals surface area contributed by atoms with Crippen LogP contribution in [-0.2, 0) is 0 Å². The normalized spacial score (nSPS) is 12.4. The molecule has 16 heavy (non-hydrogen) atoms. The van der Waals surface area contributed by atoms with Gasteiger partial charge in [0.15, 0.2) is 0 Å². The number of rotatable bonds is 2. The van der Waals surface area contributed by atoms with Crippen LogP contribution in [0, 0.1) is 13.8 Å². The lowest BCUT2D eigenvalue weighted by atomic mass is 10.0. The molecule has 2 aromatic rings. The molecule has 0 aliphatic carbocycles. The molecule has 1 N–H and O–H groups in total. The number of nitrogens with zero attached hydrogens (tertiary/aromatic N) is 1. The van der Waals surface area contributed by atoms with Crippen LogP contribution in [0.2, 0.25) is 0 Å². The Morgan fingerprint density at radius 3 is 2.50 bits per heavy atom. The second-order valence-electron chi connectivity index (χ2n) is 4.05. The van der Waals surface area contributed by atoms with Crippen molar-refractivity contribution in [1.82, 2.24) is 4.98 Å². The van der Waals surface area contributed by atoms with Crippen molar-refractivity contribution >= 4 is 0 Å². The average Bonchev–Trinajstić information content (AvgIpc) is 2.28. The van der Waals surface area contributed by atoms with Crippen molar-refractivity contribution in [3.05, 3.63) is 65.0 Å². The number of aryl methyl sites for hydroxylation is 2. The van der Waals surface area contributed by atoms with E-state index in [4.69, 9.17) is 0 Å². The van der Waals surface area contributed by atoms with Crippen LogP contribution < -0.4 is 0 Å². The predicted octanol–water partition coefficient (Wildman–Crippen LogP) is 2.78. The lowest BCUT2D eigenvalue weighted by molar-refractivity contribution is 0.220.